The van der Waals surface area contributed by atoms with Crippen molar-refractivity contribution < 1.29 is 9.47 Å². The number of anilines is 1. The van der Waals surface area contributed by atoms with Crippen LogP contribution in [0, 0.1) is 6.92 Å². The molecule has 0 amide bonds. The summed E-state index contributed by atoms with van der Waals surface area (Å²) in [6, 6.07) is 12.4. The molecule has 0 radical (unpaired) electrons. The summed E-state index contributed by atoms with van der Waals surface area (Å²) in [4.78, 5) is 13.7. The van der Waals surface area contributed by atoms with Crippen LogP contribution in [0.2, 0.25) is 0 Å². The van der Waals surface area contributed by atoms with Gasteiger partial charge >= 0.3 is 0 Å². The van der Waals surface area contributed by atoms with Crippen LogP contribution in [0.5, 0.6) is 5.88 Å². The van der Waals surface area contributed by atoms with E-state index in [0.717, 1.165) is 68.0 Å². The van der Waals surface area contributed by atoms with Crippen LogP contribution in [0.4, 0.5) is 5.69 Å². The molecule has 0 saturated carbocycles. The Balaban J connectivity index is 1.45. The third-order valence-electron chi connectivity index (χ3n) is 5.31. The van der Waals surface area contributed by atoms with Gasteiger partial charge in [-0.05, 0) is 30.8 Å². The highest BCUT2D eigenvalue weighted by Gasteiger charge is 2.17. The first-order valence-corrected chi connectivity index (χ1v) is 11.1. The predicted octanol–water partition coefficient (Wildman–Crippen LogP) is 2.41. The zero-order valence-electron chi connectivity index (χ0n) is 17.9. The van der Waals surface area contributed by atoms with E-state index >= 15 is 0 Å². The normalized spacial score (nSPS) is 16.7. The summed E-state index contributed by atoms with van der Waals surface area (Å²) in [7, 11) is 0. The van der Waals surface area contributed by atoms with Crippen molar-refractivity contribution in [2.45, 2.75) is 13.5 Å². The molecule has 7 nitrogen and oxygen atoms in total. The quantitative estimate of drug-likeness (QED) is 0.501. The van der Waals surface area contributed by atoms with Gasteiger partial charge < -0.3 is 24.6 Å². The Morgan fingerprint density at radius 2 is 2.10 bits per heavy atom. The number of ether oxygens (including phenoxy) is 2. The lowest BCUT2D eigenvalue weighted by molar-refractivity contribution is 0.122. The number of rotatable bonds is 8. The Labute approximate surface area is 189 Å². The number of benzene rings is 1. The minimum absolute atomic E-state index is 0.503. The lowest BCUT2D eigenvalue weighted by Crippen LogP contribution is -2.36. The third-order valence-corrected chi connectivity index (χ3v) is 5.71. The Kier molecular flexibility index (Phi) is 7.32. The average molecular weight is 440 g/mol. The summed E-state index contributed by atoms with van der Waals surface area (Å²) < 4.78 is 11.5. The molecule has 2 aromatic rings. The number of aliphatic imine (C=N–C) groups is 1. The topological polar surface area (TPSA) is 62.2 Å². The van der Waals surface area contributed by atoms with Gasteiger partial charge in [-0.1, -0.05) is 29.8 Å². The average Bonchev–Trinajstić information content (AvgIpc) is 3.19. The summed E-state index contributed by atoms with van der Waals surface area (Å²) in [6.45, 7) is 8.88. The number of aryl methyl sites for hydroxylation is 1. The molecule has 4 rings (SSSR count). The SMILES string of the molecule is Cc1cccc(C=NCc2cc(N3CCOCC3)cc(OCCN3CCNC3=S)n2)c1. The van der Waals surface area contributed by atoms with Gasteiger partial charge in [0.25, 0.3) is 0 Å². The highest BCUT2D eigenvalue weighted by Crippen LogP contribution is 2.23. The highest BCUT2D eigenvalue weighted by atomic mass is 32.1. The second kappa shape index (κ2) is 10.5. The van der Waals surface area contributed by atoms with Crippen LogP contribution in [-0.4, -0.2) is 73.8 Å². The van der Waals surface area contributed by atoms with Crippen LogP contribution in [-0.2, 0) is 11.3 Å². The number of nitrogens with one attached hydrogen (secondary N) is 1. The van der Waals surface area contributed by atoms with Crippen molar-refractivity contribution in [3.05, 3.63) is 53.2 Å². The maximum absolute atomic E-state index is 6.02. The molecule has 0 atom stereocenters. The Bertz CT molecular complexity index is 930. The number of aromatic nitrogens is 1. The zero-order chi connectivity index (χ0) is 21.5. The van der Waals surface area contributed by atoms with Gasteiger partial charge in [0.2, 0.25) is 5.88 Å². The molecule has 0 aliphatic carbocycles. The summed E-state index contributed by atoms with van der Waals surface area (Å²) in [5.74, 6) is 0.628. The molecule has 2 fully saturated rings. The van der Waals surface area contributed by atoms with Crippen LogP contribution in [0.15, 0.2) is 41.4 Å². The minimum atomic E-state index is 0.503. The molecule has 31 heavy (non-hydrogen) atoms. The first-order valence-electron chi connectivity index (χ1n) is 10.7. The molecule has 0 unspecified atom stereocenters. The fraction of sp³-hybridized carbons (Fsp3) is 0.435. The fourth-order valence-electron chi connectivity index (χ4n) is 3.68. The molecule has 164 valence electrons. The van der Waals surface area contributed by atoms with E-state index in [9.17, 15) is 0 Å². The van der Waals surface area contributed by atoms with Crippen molar-refractivity contribution in [1.29, 1.82) is 0 Å². The van der Waals surface area contributed by atoms with Gasteiger partial charge in [-0.2, -0.15) is 0 Å². The summed E-state index contributed by atoms with van der Waals surface area (Å²) in [6.07, 6.45) is 1.90. The van der Waals surface area contributed by atoms with Crippen molar-refractivity contribution >= 4 is 29.2 Å². The first kappa shape index (κ1) is 21.5. The van der Waals surface area contributed by atoms with Crippen molar-refractivity contribution in [2.75, 3.05) is 57.4 Å². The van der Waals surface area contributed by atoms with Gasteiger partial charge in [0.15, 0.2) is 5.11 Å². The van der Waals surface area contributed by atoms with Crippen molar-refractivity contribution in [3.8, 4) is 5.88 Å². The van der Waals surface area contributed by atoms with E-state index in [-0.39, 0.29) is 0 Å². The number of hydrogen-bond donors (Lipinski definition) is 1. The molecule has 1 aromatic carbocycles. The van der Waals surface area contributed by atoms with Crippen molar-refractivity contribution in [1.82, 2.24) is 15.2 Å². The number of thiocarbonyl (C=S) groups is 1. The van der Waals surface area contributed by atoms with E-state index in [0.29, 0.717) is 19.0 Å². The molecule has 1 aromatic heterocycles. The Morgan fingerprint density at radius 1 is 1.23 bits per heavy atom. The van der Waals surface area contributed by atoms with Gasteiger partial charge in [0, 0.05) is 44.1 Å². The largest absolute Gasteiger partial charge is 0.476 e. The second-order valence-electron chi connectivity index (χ2n) is 7.71. The van der Waals surface area contributed by atoms with E-state index in [1.807, 2.05) is 18.3 Å². The molecular formula is C23H29N5O2S. The molecule has 1 N–H and O–H groups in total. The molecule has 2 aliphatic heterocycles. The van der Waals surface area contributed by atoms with Crippen LogP contribution < -0.4 is 15.0 Å². The second-order valence-corrected chi connectivity index (χ2v) is 8.09. The standard InChI is InChI=1S/C23H29N5O2S/c1-18-3-2-4-19(13-18)16-24-17-20-14-21(27-7-10-29-11-8-27)15-22(26-20)30-12-9-28-6-5-25-23(28)31/h2-4,13-16H,5-12,17H2,1H3,(H,25,31). The summed E-state index contributed by atoms with van der Waals surface area (Å²) in [5.41, 5.74) is 4.31. The lowest BCUT2D eigenvalue weighted by Gasteiger charge is -2.29. The zero-order valence-corrected chi connectivity index (χ0v) is 18.7. The molecular weight excluding hydrogens is 410 g/mol. The van der Waals surface area contributed by atoms with Crippen molar-refractivity contribution in [3.63, 3.8) is 0 Å². The van der Waals surface area contributed by atoms with Crippen molar-refractivity contribution in [2.24, 2.45) is 4.99 Å². The van der Waals surface area contributed by atoms with E-state index < -0.39 is 0 Å². The fourth-order valence-corrected chi connectivity index (χ4v) is 3.97. The molecule has 0 spiro atoms. The van der Waals surface area contributed by atoms with Crippen LogP contribution >= 0.6 is 12.2 Å². The van der Waals surface area contributed by atoms with Crippen LogP contribution in [0.1, 0.15) is 16.8 Å². The molecule has 0 bridgehead atoms. The van der Waals surface area contributed by atoms with Gasteiger partial charge in [-0.25, -0.2) is 4.98 Å². The van der Waals surface area contributed by atoms with Gasteiger partial charge in [-0.3, -0.25) is 4.99 Å². The van der Waals surface area contributed by atoms with E-state index in [1.54, 1.807) is 0 Å². The van der Waals surface area contributed by atoms with Gasteiger partial charge in [0.05, 0.1) is 32.0 Å². The molecule has 2 aliphatic rings. The summed E-state index contributed by atoms with van der Waals surface area (Å²) >= 11 is 5.30. The lowest BCUT2D eigenvalue weighted by atomic mass is 10.1. The number of pyridine rings is 1. The highest BCUT2D eigenvalue weighted by molar-refractivity contribution is 7.80. The maximum atomic E-state index is 6.02. The summed E-state index contributed by atoms with van der Waals surface area (Å²) in [5, 5.41) is 3.97. The van der Waals surface area contributed by atoms with Crippen LogP contribution in [0.3, 0.4) is 0 Å². The number of nitrogens with zero attached hydrogens (tertiary/aromatic N) is 4. The number of morpholine rings is 1. The first-order chi connectivity index (χ1) is 15.2. The van der Waals surface area contributed by atoms with Gasteiger partial charge in [-0.15, -0.1) is 0 Å². The Morgan fingerprint density at radius 3 is 2.87 bits per heavy atom. The monoisotopic (exact) mass is 439 g/mol. The smallest absolute Gasteiger partial charge is 0.215 e. The molecule has 2 saturated heterocycles. The molecule has 8 heteroatoms. The van der Waals surface area contributed by atoms with E-state index in [4.69, 9.17) is 26.7 Å². The van der Waals surface area contributed by atoms with Gasteiger partial charge in [0.1, 0.15) is 6.61 Å². The predicted molar refractivity (Wildman–Crippen MR) is 127 cm³/mol. The minimum Gasteiger partial charge on any atom is -0.476 e. The Hall–Kier alpha value is -2.71. The number of hydrogen-bond acceptors (Lipinski definition) is 6. The maximum Gasteiger partial charge on any atom is 0.215 e. The third kappa shape index (κ3) is 6.15. The van der Waals surface area contributed by atoms with E-state index in [1.165, 1.54) is 5.56 Å². The van der Waals surface area contributed by atoms with E-state index in [2.05, 4.69) is 51.3 Å². The van der Waals surface area contributed by atoms with Crippen LogP contribution in [0.25, 0.3) is 0 Å². The molecule has 3 heterocycles.